The van der Waals surface area contributed by atoms with Crippen molar-refractivity contribution >= 4 is 27.7 Å². The van der Waals surface area contributed by atoms with Gasteiger partial charge in [0.2, 0.25) is 5.91 Å². The molecule has 1 unspecified atom stereocenters. The number of nitrogens with zero attached hydrogens (tertiary/aromatic N) is 2. The SMILES string of the molecule is CNC(=O)C1CNCCN1C(=O)c1ncccc1Br. The van der Waals surface area contributed by atoms with Crippen molar-refractivity contribution in [2.75, 3.05) is 26.7 Å². The van der Waals surface area contributed by atoms with Gasteiger partial charge in [-0.25, -0.2) is 4.98 Å². The normalized spacial score (nSPS) is 19.1. The summed E-state index contributed by atoms with van der Waals surface area (Å²) in [4.78, 5) is 29.9. The minimum absolute atomic E-state index is 0.174. The van der Waals surface area contributed by atoms with Crippen LogP contribution in [0.25, 0.3) is 0 Å². The first kappa shape index (κ1) is 14.0. The van der Waals surface area contributed by atoms with Gasteiger partial charge in [-0.15, -0.1) is 0 Å². The molecule has 0 radical (unpaired) electrons. The van der Waals surface area contributed by atoms with E-state index in [2.05, 4.69) is 31.5 Å². The Kier molecular flexibility index (Phi) is 4.49. The lowest BCUT2D eigenvalue weighted by atomic mass is 10.1. The molecule has 1 saturated heterocycles. The van der Waals surface area contributed by atoms with Crippen molar-refractivity contribution in [1.29, 1.82) is 0 Å². The second-order valence-electron chi connectivity index (χ2n) is 4.17. The van der Waals surface area contributed by atoms with Crippen LogP contribution in [0, 0.1) is 0 Å². The van der Waals surface area contributed by atoms with Crippen LogP contribution in [-0.4, -0.2) is 54.4 Å². The molecule has 7 heteroatoms. The van der Waals surface area contributed by atoms with E-state index < -0.39 is 6.04 Å². The van der Waals surface area contributed by atoms with Gasteiger partial charge in [0.05, 0.1) is 0 Å². The van der Waals surface area contributed by atoms with Crippen molar-refractivity contribution in [1.82, 2.24) is 20.5 Å². The van der Waals surface area contributed by atoms with E-state index in [4.69, 9.17) is 0 Å². The molecule has 0 spiro atoms. The molecule has 1 aromatic rings. The first-order valence-electron chi connectivity index (χ1n) is 5.99. The summed E-state index contributed by atoms with van der Waals surface area (Å²) in [5.74, 6) is -0.407. The average Bonchev–Trinajstić information content (AvgIpc) is 2.46. The molecule has 0 aromatic carbocycles. The molecule has 2 amide bonds. The maximum Gasteiger partial charge on any atom is 0.274 e. The summed E-state index contributed by atoms with van der Waals surface area (Å²) in [6, 6.07) is 3.01. The summed E-state index contributed by atoms with van der Waals surface area (Å²) in [6.45, 7) is 1.61. The zero-order valence-corrected chi connectivity index (χ0v) is 12.1. The van der Waals surface area contributed by atoms with Crippen LogP contribution < -0.4 is 10.6 Å². The molecule has 0 aliphatic carbocycles. The Morgan fingerprint density at radius 3 is 3.05 bits per heavy atom. The molecular weight excluding hydrogens is 312 g/mol. The van der Waals surface area contributed by atoms with E-state index in [1.54, 1.807) is 30.3 Å². The number of likely N-dealkylation sites (N-methyl/N-ethyl adjacent to an activating group) is 1. The predicted octanol–water partition coefficient (Wildman–Crippen LogP) is 0.00410. The third-order valence-electron chi connectivity index (χ3n) is 3.01. The molecule has 102 valence electrons. The van der Waals surface area contributed by atoms with E-state index >= 15 is 0 Å². The van der Waals surface area contributed by atoms with E-state index in [1.165, 1.54) is 0 Å². The smallest absolute Gasteiger partial charge is 0.274 e. The number of halogens is 1. The third-order valence-corrected chi connectivity index (χ3v) is 3.65. The zero-order chi connectivity index (χ0) is 13.8. The minimum Gasteiger partial charge on any atom is -0.357 e. The van der Waals surface area contributed by atoms with Crippen molar-refractivity contribution in [2.24, 2.45) is 0 Å². The largest absolute Gasteiger partial charge is 0.357 e. The fraction of sp³-hybridized carbons (Fsp3) is 0.417. The molecule has 2 rings (SSSR count). The van der Waals surface area contributed by atoms with Crippen LogP contribution in [0.15, 0.2) is 22.8 Å². The molecule has 1 fully saturated rings. The molecule has 1 aromatic heterocycles. The molecule has 19 heavy (non-hydrogen) atoms. The summed E-state index contributed by atoms with van der Waals surface area (Å²) >= 11 is 3.31. The van der Waals surface area contributed by atoms with Crippen molar-refractivity contribution in [3.63, 3.8) is 0 Å². The Morgan fingerprint density at radius 2 is 2.37 bits per heavy atom. The van der Waals surface area contributed by atoms with Crippen LogP contribution in [0.3, 0.4) is 0 Å². The van der Waals surface area contributed by atoms with Gasteiger partial charge in [-0.05, 0) is 28.1 Å². The molecule has 1 aliphatic heterocycles. The van der Waals surface area contributed by atoms with Crippen molar-refractivity contribution in [2.45, 2.75) is 6.04 Å². The fourth-order valence-corrected chi connectivity index (χ4v) is 2.45. The van der Waals surface area contributed by atoms with Gasteiger partial charge in [-0.2, -0.15) is 0 Å². The van der Waals surface area contributed by atoms with E-state index in [0.717, 1.165) is 0 Å². The zero-order valence-electron chi connectivity index (χ0n) is 10.5. The number of aromatic nitrogens is 1. The number of hydrogen-bond donors (Lipinski definition) is 2. The van der Waals surface area contributed by atoms with Gasteiger partial charge in [0.1, 0.15) is 11.7 Å². The van der Waals surface area contributed by atoms with Gasteiger partial charge in [0, 0.05) is 37.4 Å². The van der Waals surface area contributed by atoms with Gasteiger partial charge in [0.15, 0.2) is 0 Å². The number of nitrogens with one attached hydrogen (secondary N) is 2. The number of piperazine rings is 1. The third kappa shape index (κ3) is 2.93. The Labute approximate surface area is 119 Å². The van der Waals surface area contributed by atoms with Crippen molar-refractivity contribution < 1.29 is 9.59 Å². The van der Waals surface area contributed by atoms with Crippen LogP contribution in [-0.2, 0) is 4.79 Å². The van der Waals surface area contributed by atoms with E-state index in [-0.39, 0.29) is 11.8 Å². The molecule has 2 heterocycles. The maximum atomic E-state index is 12.5. The molecule has 0 saturated carbocycles. The number of amides is 2. The first-order chi connectivity index (χ1) is 9.15. The summed E-state index contributed by atoms with van der Waals surface area (Å²) in [6.07, 6.45) is 1.56. The highest BCUT2D eigenvalue weighted by Crippen LogP contribution is 2.17. The number of hydrogen-bond acceptors (Lipinski definition) is 4. The minimum atomic E-state index is -0.500. The van der Waals surface area contributed by atoms with Gasteiger partial charge in [-0.1, -0.05) is 0 Å². The highest BCUT2D eigenvalue weighted by atomic mass is 79.9. The number of carbonyl (C=O) groups is 2. The molecule has 0 bridgehead atoms. The van der Waals surface area contributed by atoms with E-state index in [0.29, 0.717) is 29.8 Å². The Balaban J connectivity index is 2.25. The number of carbonyl (C=O) groups excluding carboxylic acids is 2. The highest BCUT2D eigenvalue weighted by molar-refractivity contribution is 9.10. The molecule has 6 nitrogen and oxygen atoms in total. The van der Waals surface area contributed by atoms with Crippen LogP contribution >= 0.6 is 15.9 Å². The van der Waals surface area contributed by atoms with Gasteiger partial charge in [0.25, 0.3) is 5.91 Å². The molecule has 1 atom stereocenters. The van der Waals surface area contributed by atoms with Gasteiger partial charge in [-0.3, -0.25) is 9.59 Å². The Bertz CT molecular complexity index is 494. The lowest BCUT2D eigenvalue weighted by molar-refractivity contribution is -0.125. The predicted molar refractivity (Wildman–Crippen MR) is 73.7 cm³/mol. The fourth-order valence-electron chi connectivity index (χ4n) is 2.03. The summed E-state index contributed by atoms with van der Waals surface area (Å²) in [5, 5.41) is 5.69. The van der Waals surface area contributed by atoms with Gasteiger partial charge >= 0.3 is 0 Å². The number of pyridine rings is 1. The molecule has 2 N–H and O–H groups in total. The van der Waals surface area contributed by atoms with E-state index in [9.17, 15) is 9.59 Å². The van der Waals surface area contributed by atoms with Gasteiger partial charge < -0.3 is 15.5 Å². The Hall–Kier alpha value is -1.47. The second-order valence-corrected chi connectivity index (χ2v) is 5.02. The Morgan fingerprint density at radius 1 is 1.58 bits per heavy atom. The number of rotatable bonds is 2. The average molecular weight is 327 g/mol. The summed E-state index contributed by atoms with van der Waals surface area (Å²) in [7, 11) is 1.57. The summed E-state index contributed by atoms with van der Waals surface area (Å²) < 4.78 is 0.634. The first-order valence-corrected chi connectivity index (χ1v) is 6.78. The van der Waals surface area contributed by atoms with Crippen LogP contribution in [0.5, 0.6) is 0 Å². The molecular formula is C12H15BrN4O2. The van der Waals surface area contributed by atoms with Crippen LogP contribution in [0.2, 0.25) is 0 Å². The molecule has 1 aliphatic rings. The van der Waals surface area contributed by atoms with Crippen molar-refractivity contribution in [3.05, 3.63) is 28.5 Å². The van der Waals surface area contributed by atoms with Crippen molar-refractivity contribution in [3.8, 4) is 0 Å². The summed E-state index contributed by atoms with van der Waals surface area (Å²) in [5.41, 5.74) is 0.332. The monoisotopic (exact) mass is 326 g/mol. The lowest BCUT2D eigenvalue weighted by Crippen LogP contribution is -2.59. The van der Waals surface area contributed by atoms with Crippen LogP contribution in [0.1, 0.15) is 10.5 Å². The second kappa shape index (κ2) is 6.12. The standard InChI is InChI=1S/C12H15BrN4O2/c1-14-11(18)9-7-15-5-6-17(9)12(19)10-8(13)3-2-4-16-10/h2-4,9,15H,5-7H2,1H3,(H,14,18). The highest BCUT2D eigenvalue weighted by Gasteiger charge is 2.33. The van der Waals surface area contributed by atoms with E-state index in [1.807, 2.05) is 0 Å². The topological polar surface area (TPSA) is 74.3 Å². The van der Waals surface area contributed by atoms with Crippen LogP contribution in [0.4, 0.5) is 0 Å². The lowest BCUT2D eigenvalue weighted by Gasteiger charge is -2.34. The maximum absolute atomic E-state index is 12.5. The quantitative estimate of drug-likeness (QED) is 0.802.